The normalized spacial score (nSPS) is 10.8. The highest BCUT2D eigenvalue weighted by Crippen LogP contribution is 2.28. The summed E-state index contributed by atoms with van der Waals surface area (Å²) >= 11 is 6.22. The Morgan fingerprint density at radius 3 is 2.60 bits per heavy atom. The predicted molar refractivity (Wildman–Crippen MR) is 97.9 cm³/mol. The molecule has 124 valence electrons. The van der Waals surface area contributed by atoms with Crippen molar-refractivity contribution in [2.45, 2.75) is 0 Å². The van der Waals surface area contributed by atoms with Crippen molar-refractivity contribution >= 4 is 34.1 Å². The van der Waals surface area contributed by atoms with Gasteiger partial charge in [-0.15, -0.1) is 0 Å². The molecule has 0 spiro atoms. The van der Waals surface area contributed by atoms with E-state index in [4.69, 9.17) is 16.3 Å². The van der Waals surface area contributed by atoms with Crippen molar-refractivity contribution in [1.82, 2.24) is 19.7 Å². The zero-order valence-electron chi connectivity index (χ0n) is 13.3. The van der Waals surface area contributed by atoms with Gasteiger partial charge in [0.25, 0.3) is 0 Å². The molecule has 2 aromatic carbocycles. The first kappa shape index (κ1) is 15.4. The molecule has 0 saturated carbocycles. The minimum Gasteiger partial charge on any atom is -0.497 e. The van der Waals surface area contributed by atoms with E-state index in [2.05, 4.69) is 20.4 Å². The minimum atomic E-state index is 0.622. The Morgan fingerprint density at radius 2 is 1.84 bits per heavy atom. The van der Waals surface area contributed by atoms with Gasteiger partial charge in [-0.05, 0) is 36.4 Å². The van der Waals surface area contributed by atoms with E-state index in [9.17, 15) is 0 Å². The summed E-state index contributed by atoms with van der Waals surface area (Å²) in [4.78, 5) is 8.69. The zero-order valence-corrected chi connectivity index (χ0v) is 14.1. The van der Waals surface area contributed by atoms with Crippen LogP contribution in [0.1, 0.15) is 0 Å². The first-order valence-electron chi connectivity index (χ1n) is 7.61. The molecule has 2 heterocycles. The molecular formula is C18H14ClN5O. The number of hydrogen-bond donors (Lipinski definition) is 1. The second-order valence-electron chi connectivity index (χ2n) is 5.32. The number of benzene rings is 2. The lowest BCUT2D eigenvalue weighted by Crippen LogP contribution is -1.99. The summed E-state index contributed by atoms with van der Waals surface area (Å²) in [5.41, 5.74) is 2.37. The third-order valence-electron chi connectivity index (χ3n) is 3.81. The summed E-state index contributed by atoms with van der Waals surface area (Å²) in [5, 5.41) is 9.11. The van der Waals surface area contributed by atoms with Crippen molar-refractivity contribution in [1.29, 1.82) is 0 Å². The second-order valence-corrected chi connectivity index (χ2v) is 5.73. The van der Waals surface area contributed by atoms with Gasteiger partial charge in [0, 0.05) is 0 Å². The Kier molecular flexibility index (Phi) is 3.95. The second kappa shape index (κ2) is 6.41. The number of fused-ring (bicyclic) bond motifs is 1. The third-order valence-corrected chi connectivity index (χ3v) is 4.14. The lowest BCUT2D eigenvalue weighted by molar-refractivity contribution is 0.414. The van der Waals surface area contributed by atoms with Gasteiger partial charge in [0.2, 0.25) is 0 Å². The molecule has 1 N–H and O–H groups in total. The van der Waals surface area contributed by atoms with Gasteiger partial charge < -0.3 is 10.1 Å². The summed E-state index contributed by atoms with van der Waals surface area (Å²) in [6, 6.07) is 15.1. The van der Waals surface area contributed by atoms with Crippen LogP contribution in [-0.2, 0) is 0 Å². The maximum absolute atomic E-state index is 6.22. The van der Waals surface area contributed by atoms with Gasteiger partial charge in [-0.25, -0.2) is 14.6 Å². The van der Waals surface area contributed by atoms with Crippen LogP contribution in [0.15, 0.2) is 61.1 Å². The monoisotopic (exact) mass is 351 g/mol. The first-order valence-corrected chi connectivity index (χ1v) is 7.99. The molecule has 0 radical (unpaired) electrons. The number of nitrogens with zero attached hydrogens (tertiary/aromatic N) is 4. The highest BCUT2D eigenvalue weighted by Gasteiger charge is 2.12. The smallest absolute Gasteiger partial charge is 0.168 e. The molecule has 0 aliphatic heterocycles. The predicted octanol–water partition coefficient (Wildman–Crippen LogP) is 4.22. The van der Waals surface area contributed by atoms with Crippen LogP contribution in [0, 0.1) is 0 Å². The highest BCUT2D eigenvalue weighted by molar-refractivity contribution is 6.33. The first-order chi connectivity index (χ1) is 12.3. The van der Waals surface area contributed by atoms with Gasteiger partial charge in [0.1, 0.15) is 17.9 Å². The van der Waals surface area contributed by atoms with E-state index in [1.807, 2.05) is 48.5 Å². The summed E-state index contributed by atoms with van der Waals surface area (Å²) in [7, 11) is 1.64. The standard InChI is InChI=1S/C18H14ClN5O/c1-25-13-8-6-12(7-9-13)24-18-14(10-22-24)17(20-11-21-18)23-16-5-3-2-4-15(16)19/h2-11H,1H3,(H,20,21,23). The van der Waals surface area contributed by atoms with Crippen molar-refractivity contribution in [3.05, 3.63) is 66.1 Å². The number of halogens is 1. The Hall–Kier alpha value is -3.12. The van der Waals surface area contributed by atoms with Gasteiger partial charge in [-0.3, -0.25) is 0 Å². The Bertz CT molecular complexity index is 1030. The molecule has 0 aliphatic carbocycles. The van der Waals surface area contributed by atoms with Crippen LogP contribution < -0.4 is 10.1 Å². The third kappa shape index (κ3) is 2.88. The molecule has 6 nitrogen and oxygen atoms in total. The average Bonchev–Trinajstić information content (AvgIpc) is 3.09. The number of rotatable bonds is 4. The van der Waals surface area contributed by atoms with Gasteiger partial charge in [0.15, 0.2) is 5.65 Å². The molecule has 0 fully saturated rings. The minimum absolute atomic E-state index is 0.622. The molecule has 0 aliphatic rings. The number of aromatic nitrogens is 4. The number of hydrogen-bond acceptors (Lipinski definition) is 5. The molecule has 4 aromatic rings. The van der Waals surface area contributed by atoms with E-state index in [0.29, 0.717) is 16.5 Å². The quantitative estimate of drug-likeness (QED) is 0.596. The van der Waals surface area contributed by atoms with Crippen LogP contribution in [0.2, 0.25) is 5.02 Å². The molecule has 0 bridgehead atoms. The Labute approximate surface area is 149 Å². The fourth-order valence-corrected chi connectivity index (χ4v) is 2.73. The molecule has 0 unspecified atom stereocenters. The molecule has 2 aromatic heterocycles. The van der Waals surface area contributed by atoms with E-state index < -0.39 is 0 Å². The number of ether oxygens (including phenoxy) is 1. The van der Waals surface area contributed by atoms with Crippen molar-refractivity contribution in [3.63, 3.8) is 0 Å². The molecule has 0 amide bonds. The highest BCUT2D eigenvalue weighted by atomic mass is 35.5. The molecular weight excluding hydrogens is 338 g/mol. The van der Waals surface area contributed by atoms with Gasteiger partial charge in [-0.2, -0.15) is 5.10 Å². The topological polar surface area (TPSA) is 64.9 Å². The fraction of sp³-hybridized carbons (Fsp3) is 0.0556. The van der Waals surface area contributed by atoms with Gasteiger partial charge in [0.05, 0.1) is 35.1 Å². The number of para-hydroxylation sites is 1. The number of anilines is 2. The lowest BCUT2D eigenvalue weighted by atomic mass is 10.3. The Morgan fingerprint density at radius 1 is 1.04 bits per heavy atom. The summed E-state index contributed by atoms with van der Waals surface area (Å²) < 4.78 is 6.95. The largest absolute Gasteiger partial charge is 0.497 e. The average molecular weight is 352 g/mol. The van der Waals surface area contributed by atoms with Crippen LogP contribution >= 0.6 is 11.6 Å². The van der Waals surface area contributed by atoms with Gasteiger partial charge in [-0.1, -0.05) is 23.7 Å². The van der Waals surface area contributed by atoms with E-state index in [1.165, 1.54) is 6.33 Å². The Balaban J connectivity index is 1.76. The van der Waals surface area contributed by atoms with E-state index in [-0.39, 0.29) is 0 Å². The van der Waals surface area contributed by atoms with Crippen LogP contribution in [0.4, 0.5) is 11.5 Å². The molecule has 4 rings (SSSR count). The SMILES string of the molecule is COc1ccc(-n2ncc3c(Nc4ccccc4Cl)ncnc32)cc1. The molecule has 25 heavy (non-hydrogen) atoms. The fourth-order valence-electron chi connectivity index (χ4n) is 2.55. The summed E-state index contributed by atoms with van der Waals surface area (Å²) in [6.07, 6.45) is 3.24. The van der Waals surface area contributed by atoms with E-state index >= 15 is 0 Å². The maximum atomic E-state index is 6.22. The maximum Gasteiger partial charge on any atom is 0.168 e. The van der Waals surface area contributed by atoms with Crippen LogP contribution in [0.25, 0.3) is 16.7 Å². The van der Waals surface area contributed by atoms with E-state index in [1.54, 1.807) is 18.0 Å². The summed E-state index contributed by atoms with van der Waals surface area (Å²) in [5.74, 6) is 1.44. The van der Waals surface area contributed by atoms with Crippen molar-refractivity contribution < 1.29 is 4.74 Å². The van der Waals surface area contributed by atoms with Crippen molar-refractivity contribution in [2.24, 2.45) is 0 Å². The zero-order chi connectivity index (χ0) is 17.2. The number of methoxy groups -OCH3 is 1. The van der Waals surface area contributed by atoms with Gasteiger partial charge >= 0.3 is 0 Å². The van der Waals surface area contributed by atoms with Crippen LogP contribution in [0.5, 0.6) is 5.75 Å². The molecule has 0 saturated heterocycles. The van der Waals surface area contributed by atoms with Crippen LogP contribution in [-0.4, -0.2) is 26.9 Å². The molecule has 0 atom stereocenters. The van der Waals surface area contributed by atoms with Crippen molar-refractivity contribution in [2.75, 3.05) is 12.4 Å². The summed E-state index contributed by atoms with van der Waals surface area (Å²) in [6.45, 7) is 0. The van der Waals surface area contributed by atoms with Crippen molar-refractivity contribution in [3.8, 4) is 11.4 Å². The number of nitrogens with one attached hydrogen (secondary N) is 1. The lowest BCUT2D eigenvalue weighted by Gasteiger charge is -2.08. The van der Waals surface area contributed by atoms with Crippen LogP contribution in [0.3, 0.4) is 0 Å². The van der Waals surface area contributed by atoms with E-state index in [0.717, 1.165) is 22.5 Å². The molecule has 7 heteroatoms.